The molecule has 180 valence electrons. The number of piperidine rings is 1. The number of methoxy groups -OCH3 is 1. The standard InChI is InChI=1S/C23H23F3N4O4/c1-3-30-7-6-18(23(25,26)10-30)34-17-9-13(31-2)8-15-19(17)22(28-11-27-15)29-20-14(24)4-5-16-21(20)33-12-32-16/h4-5,8-9,11,18H,3,6-7,10,12H2,1-2H3,(H,27,28,29). The molecule has 2 aliphatic rings. The molecule has 5 rings (SSSR count). The van der Waals surface area contributed by atoms with Crippen LogP contribution in [0, 0.1) is 5.82 Å². The summed E-state index contributed by atoms with van der Waals surface area (Å²) in [6.07, 6.45) is 0.0657. The first-order chi connectivity index (χ1) is 16.4. The first-order valence-corrected chi connectivity index (χ1v) is 10.8. The third kappa shape index (κ3) is 4.00. The number of nitrogens with zero attached hydrogens (tertiary/aromatic N) is 3. The van der Waals surface area contributed by atoms with Gasteiger partial charge >= 0.3 is 0 Å². The van der Waals surface area contributed by atoms with Crippen molar-refractivity contribution in [3.8, 4) is 23.0 Å². The Morgan fingerprint density at radius 2 is 2.09 bits per heavy atom. The minimum atomic E-state index is -3.07. The van der Waals surface area contributed by atoms with Crippen LogP contribution in [0.2, 0.25) is 0 Å². The molecule has 1 atom stereocenters. The van der Waals surface area contributed by atoms with Gasteiger partial charge in [-0.1, -0.05) is 6.92 Å². The molecule has 1 N–H and O–H groups in total. The molecule has 1 aromatic heterocycles. The number of halogens is 3. The molecule has 0 bridgehead atoms. The maximum Gasteiger partial charge on any atom is 0.296 e. The summed E-state index contributed by atoms with van der Waals surface area (Å²) in [7, 11) is 1.46. The van der Waals surface area contributed by atoms with E-state index in [0.717, 1.165) is 0 Å². The molecule has 3 aromatic rings. The van der Waals surface area contributed by atoms with Gasteiger partial charge in [0.2, 0.25) is 6.79 Å². The van der Waals surface area contributed by atoms with Crippen molar-refractivity contribution in [3.63, 3.8) is 0 Å². The Hall–Kier alpha value is -3.47. The third-order valence-corrected chi connectivity index (χ3v) is 5.97. The van der Waals surface area contributed by atoms with Crippen molar-refractivity contribution >= 4 is 22.4 Å². The van der Waals surface area contributed by atoms with Gasteiger partial charge in [0.25, 0.3) is 5.92 Å². The fourth-order valence-electron chi connectivity index (χ4n) is 4.18. The number of benzene rings is 2. The molecule has 0 radical (unpaired) electrons. The number of anilines is 2. The second-order valence-corrected chi connectivity index (χ2v) is 8.05. The topological polar surface area (TPSA) is 78.0 Å². The lowest BCUT2D eigenvalue weighted by molar-refractivity contribution is -0.138. The monoisotopic (exact) mass is 476 g/mol. The number of rotatable bonds is 6. The highest BCUT2D eigenvalue weighted by atomic mass is 19.3. The Labute approximate surface area is 193 Å². The second kappa shape index (κ2) is 8.71. The predicted octanol–water partition coefficient (Wildman–Crippen LogP) is 4.36. The van der Waals surface area contributed by atoms with E-state index >= 15 is 0 Å². The van der Waals surface area contributed by atoms with Gasteiger partial charge in [0.1, 0.15) is 29.3 Å². The van der Waals surface area contributed by atoms with Crippen LogP contribution in [0.4, 0.5) is 24.7 Å². The van der Waals surface area contributed by atoms with E-state index in [0.29, 0.717) is 35.5 Å². The number of aromatic nitrogens is 2. The normalized spacial score (nSPS) is 19.3. The Bertz CT molecular complexity index is 1230. The summed E-state index contributed by atoms with van der Waals surface area (Å²) < 4.78 is 66.4. The zero-order valence-electron chi connectivity index (χ0n) is 18.6. The van der Waals surface area contributed by atoms with Gasteiger partial charge in [-0.25, -0.2) is 23.1 Å². The Kier molecular flexibility index (Phi) is 5.72. The fraction of sp³-hybridized carbons (Fsp3) is 0.391. The van der Waals surface area contributed by atoms with Crippen molar-refractivity contribution in [2.45, 2.75) is 25.4 Å². The minimum Gasteiger partial charge on any atom is -0.497 e. The lowest BCUT2D eigenvalue weighted by Gasteiger charge is -2.37. The molecule has 0 spiro atoms. The van der Waals surface area contributed by atoms with Gasteiger partial charge in [-0.15, -0.1) is 0 Å². The molecule has 0 amide bonds. The van der Waals surface area contributed by atoms with Crippen LogP contribution in [-0.4, -0.2) is 60.4 Å². The van der Waals surface area contributed by atoms with Crippen molar-refractivity contribution in [1.29, 1.82) is 0 Å². The molecule has 1 fully saturated rings. The molecule has 8 nitrogen and oxygen atoms in total. The summed E-state index contributed by atoms with van der Waals surface area (Å²) in [5, 5.41) is 3.23. The highest BCUT2D eigenvalue weighted by Gasteiger charge is 2.46. The first-order valence-electron chi connectivity index (χ1n) is 10.8. The van der Waals surface area contributed by atoms with Crippen LogP contribution < -0.4 is 24.3 Å². The molecular formula is C23H23F3N4O4. The van der Waals surface area contributed by atoms with E-state index in [4.69, 9.17) is 18.9 Å². The van der Waals surface area contributed by atoms with E-state index in [2.05, 4.69) is 15.3 Å². The third-order valence-electron chi connectivity index (χ3n) is 5.97. The van der Waals surface area contributed by atoms with Crippen molar-refractivity contribution in [2.24, 2.45) is 0 Å². The van der Waals surface area contributed by atoms with Gasteiger partial charge in [-0.05, 0) is 18.7 Å². The Morgan fingerprint density at radius 3 is 2.85 bits per heavy atom. The van der Waals surface area contributed by atoms with Gasteiger partial charge in [-0.3, -0.25) is 4.90 Å². The minimum absolute atomic E-state index is 0.0124. The van der Waals surface area contributed by atoms with E-state index < -0.39 is 24.4 Å². The first kappa shape index (κ1) is 22.3. The average molecular weight is 476 g/mol. The number of hydrogen-bond donors (Lipinski definition) is 1. The number of fused-ring (bicyclic) bond motifs is 2. The lowest BCUT2D eigenvalue weighted by atomic mass is 10.0. The van der Waals surface area contributed by atoms with E-state index in [-0.39, 0.29) is 36.2 Å². The van der Waals surface area contributed by atoms with Crippen LogP contribution in [0.25, 0.3) is 10.9 Å². The molecular weight excluding hydrogens is 453 g/mol. The van der Waals surface area contributed by atoms with Crippen LogP contribution in [0.1, 0.15) is 13.3 Å². The lowest BCUT2D eigenvalue weighted by Crippen LogP contribution is -2.53. The van der Waals surface area contributed by atoms with Gasteiger partial charge in [0.15, 0.2) is 23.4 Å². The summed E-state index contributed by atoms with van der Waals surface area (Å²) in [6, 6.07) is 5.83. The van der Waals surface area contributed by atoms with Crippen LogP contribution in [-0.2, 0) is 0 Å². The summed E-state index contributed by atoms with van der Waals surface area (Å²) >= 11 is 0. The van der Waals surface area contributed by atoms with E-state index in [1.165, 1.54) is 31.6 Å². The van der Waals surface area contributed by atoms with Gasteiger partial charge in [0.05, 0.1) is 24.6 Å². The fourth-order valence-corrected chi connectivity index (χ4v) is 4.18. The molecule has 0 saturated carbocycles. The maximum atomic E-state index is 14.9. The van der Waals surface area contributed by atoms with Crippen LogP contribution >= 0.6 is 0 Å². The largest absolute Gasteiger partial charge is 0.497 e. The number of alkyl halides is 2. The SMILES string of the molecule is CCN1CCC(Oc2cc(OC)cc3ncnc(Nc4c(F)ccc5c4OCO5)c23)C(F)(F)C1. The molecule has 2 aromatic carbocycles. The highest BCUT2D eigenvalue weighted by Crippen LogP contribution is 2.44. The average Bonchev–Trinajstić information content (AvgIpc) is 3.30. The van der Waals surface area contributed by atoms with Crippen molar-refractivity contribution in [3.05, 3.63) is 36.4 Å². The van der Waals surface area contributed by atoms with Crippen LogP contribution in [0.3, 0.4) is 0 Å². The van der Waals surface area contributed by atoms with Gasteiger partial charge in [-0.2, -0.15) is 0 Å². The van der Waals surface area contributed by atoms with Crippen LogP contribution in [0.5, 0.6) is 23.0 Å². The molecule has 34 heavy (non-hydrogen) atoms. The Balaban J connectivity index is 1.57. The number of ether oxygens (including phenoxy) is 4. The predicted molar refractivity (Wildman–Crippen MR) is 118 cm³/mol. The Morgan fingerprint density at radius 1 is 1.24 bits per heavy atom. The number of likely N-dealkylation sites (tertiary alicyclic amines) is 1. The van der Waals surface area contributed by atoms with Crippen molar-refractivity contribution in [2.75, 3.05) is 38.9 Å². The van der Waals surface area contributed by atoms with Gasteiger partial charge in [0, 0.05) is 25.1 Å². The second-order valence-electron chi connectivity index (χ2n) is 8.05. The summed E-state index contributed by atoms with van der Waals surface area (Å²) in [5.41, 5.74) is 0.393. The van der Waals surface area contributed by atoms with Crippen LogP contribution in [0.15, 0.2) is 30.6 Å². The number of nitrogens with one attached hydrogen (secondary N) is 1. The maximum absolute atomic E-state index is 14.9. The van der Waals surface area contributed by atoms with E-state index in [1.807, 2.05) is 6.92 Å². The summed E-state index contributed by atoms with van der Waals surface area (Å²) in [5.74, 6) is -2.43. The zero-order chi connectivity index (χ0) is 23.9. The summed E-state index contributed by atoms with van der Waals surface area (Å²) in [4.78, 5) is 10.2. The molecule has 1 unspecified atom stereocenters. The number of hydrogen-bond acceptors (Lipinski definition) is 8. The highest BCUT2D eigenvalue weighted by molar-refractivity contribution is 5.97. The molecule has 11 heteroatoms. The zero-order valence-corrected chi connectivity index (χ0v) is 18.6. The smallest absolute Gasteiger partial charge is 0.296 e. The molecule has 0 aliphatic carbocycles. The van der Waals surface area contributed by atoms with Crippen molar-refractivity contribution in [1.82, 2.24) is 14.9 Å². The van der Waals surface area contributed by atoms with Crippen molar-refractivity contribution < 1.29 is 32.1 Å². The van der Waals surface area contributed by atoms with E-state index in [1.54, 1.807) is 11.0 Å². The quantitative estimate of drug-likeness (QED) is 0.563. The molecule has 1 saturated heterocycles. The van der Waals surface area contributed by atoms with E-state index in [9.17, 15) is 13.2 Å². The molecule has 3 heterocycles. The van der Waals surface area contributed by atoms with Gasteiger partial charge < -0.3 is 24.3 Å². The summed E-state index contributed by atoms with van der Waals surface area (Å²) in [6.45, 7) is 2.42. The molecule has 2 aliphatic heterocycles.